The second-order valence-corrected chi connectivity index (χ2v) is 10.1. The minimum absolute atomic E-state index is 0.0516. The van der Waals surface area contributed by atoms with E-state index in [-0.39, 0.29) is 4.75 Å². The van der Waals surface area contributed by atoms with Gasteiger partial charge in [0.2, 0.25) is 0 Å². The van der Waals surface area contributed by atoms with Gasteiger partial charge in [0, 0.05) is 17.0 Å². The van der Waals surface area contributed by atoms with E-state index in [2.05, 4.69) is 87.8 Å². The molecule has 2 aromatic heterocycles. The molecule has 1 N–H and O–H groups in total. The fourth-order valence-electron chi connectivity index (χ4n) is 3.01. The predicted octanol–water partition coefficient (Wildman–Crippen LogP) is 6.04. The summed E-state index contributed by atoms with van der Waals surface area (Å²) in [5.74, 6) is 0.929. The zero-order valence-electron chi connectivity index (χ0n) is 16.6. The van der Waals surface area contributed by atoms with Crippen LogP contribution in [0, 0.1) is 0 Å². The van der Waals surface area contributed by atoms with E-state index in [1.807, 2.05) is 24.3 Å². The van der Waals surface area contributed by atoms with Crippen molar-refractivity contribution in [3.8, 4) is 10.7 Å². The zero-order valence-corrected chi connectivity index (χ0v) is 18.2. The van der Waals surface area contributed by atoms with Crippen molar-refractivity contribution in [2.45, 2.75) is 30.3 Å². The number of hydrogen-bond donors (Lipinski definition) is 1. The quantitative estimate of drug-likeness (QED) is 0.353. The number of para-hydroxylation sites is 1. The van der Waals surface area contributed by atoms with Gasteiger partial charge in [-0.15, -0.1) is 21.5 Å². The SMILES string of the molecule is CC(C)(CNc1ccccc1)Sc1nnc(-c2cccs2)n1Cc1ccccc1. The summed E-state index contributed by atoms with van der Waals surface area (Å²) in [6.07, 6.45) is 0. The van der Waals surface area contributed by atoms with Gasteiger partial charge in [0.25, 0.3) is 0 Å². The number of benzene rings is 2. The first-order valence-corrected chi connectivity index (χ1v) is 11.3. The van der Waals surface area contributed by atoms with Gasteiger partial charge in [0.05, 0.1) is 11.4 Å². The summed E-state index contributed by atoms with van der Waals surface area (Å²) in [5.41, 5.74) is 2.37. The molecule has 2 heterocycles. The van der Waals surface area contributed by atoms with Gasteiger partial charge in [-0.1, -0.05) is 66.4 Å². The van der Waals surface area contributed by atoms with Crippen LogP contribution < -0.4 is 5.32 Å². The van der Waals surface area contributed by atoms with Crippen LogP contribution in [0.15, 0.2) is 83.3 Å². The number of thiophene rings is 1. The molecule has 0 unspecified atom stereocenters. The van der Waals surface area contributed by atoms with Crippen LogP contribution in [0.4, 0.5) is 5.69 Å². The Hall–Kier alpha value is -2.57. The van der Waals surface area contributed by atoms with Gasteiger partial charge in [0.15, 0.2) is 11.0 Å². The molecule has 0 saturated heterocycles. The number of aromatic nitrogens is 3. The van der Waals surface area contributed by atoms with E-state index >= 15 is 0 Å². The van der Waals surface area contributed by atoms with Crippen LogP contribution in [-0.2, 0) is 6.54 Å². The fraction of sp³-hybridized carbons (Fsp3) is 0.217. The summed E-state index contributed by atoms with van der Waals surface area (Å²) in [7, 11) is 0. The Labute approximate surface area is 180 Å². The van der Waals surface area contributed by atoms with Gasteiger partial charge in [0.1, 0.15) is 0 Å². The second-order valence-electron chi connectivity index (χ2n) is 7.44. The van der Waals surface area contributed by atoms with E-state index in [1.165, 1.54) is 5.56 Å². The fourth-order valence-corrected chi connectivity index (χ4v) is 4.71. The lowest BCUT2D eigenvalue weighted by Gasteiger charge is -2.24. The molecule has 148 valence electrons. The second kappa shape index (κ2) is 8.84. The molecule has 0 radical (unpaired) electrons. The highest BCUT2D eigenvalue weighted by Crippen LogP contribution is 2.35. The molecule has 0 amide bonds. The average molecular weight is 421 g/mol. The molecule has 2 aromatic carbocycles. The molecule has 6 heteroatoms. The minimum Gasteiger partial charge on any atom is -0.384 e. The van der Waals surface area contributed by atoms with Gasteiger partial charge >= 0.3 is 0 Å². The molecular weight excluding hydrogens is 396 g/mol. The lowest BCUT2D eigenvalue weighted by molar-refractivity contribution is 0.693. The van der Waals surface area contributed by atoms with Crippen molar-refractivity contribution in [1.29, 1.82) is 0 Å². The van der Waals surface area contributed by atoms with E-state index in [0.717, 1.165) is 34.6 Å². The van der Waals surface area contributed by atoms with Crippen LogP contribution in [0.1, 0.15) is 19.4 Å². The zero-order chi connectivity index (χ0) is 20.1. The average Bonchev–Trinajstić information content (AvgIpc) is 3.39. The standard InChI is InChI=1S/C23H24N4S2/c1-23(2,17-24-19-12-7-4-8-13-19)29-22-26-25-21(20-14-9-15-28-20)27(22)16-18-10-5-3-6-11-18/h3-15,24H,16-17H2,1-2H3. The molecule has 4 rings (SSSR count). The summed E-state index contributed by atoms with van der Waals surface area (Å²) in [6, 6.07) is 25.0. The van der Waals surface area contributed by atoms with E-state index in [0.29, 0.717) is 0 Å². The molecule has 4 aromatic rings. The van der Waals surface area contributed by atoms with Crippen molar-refractivity contribution < 1.29 is 0 Å². The smallest absolute Gasteiger partial charge is 0.192 e. The van der Waals surface area contributed by atoms with Gasteiger partial charge in [-0.25, -0.2) is 0 Å². The third-order valence-electron chi connectivity index (χ3n) is 4.50. The summed E-state index contributed by atoms with van der Waals surface area (Å²) < 4.78 is 2.18. The summed E-state index contributed by atoms with van der Waals surface area (Å²) >= 11 is 3.46. The number of rotatable bonds is 8. The highest BCUT2D eigenvalue weighted by molar-refractivity contribution is 8.00. The first-order chi connectivity index (χ1) is 14.1. The molecule has 0 aliphatic carbocycles. The summed E-state index contributed by atoms with van der Waals surface area (Å²) in [5, 5.41) is 15.7. The van der Waals surface area contributed by atoms with Crippen LogP contribution in [0.3, 0.4) is 0 Å². The lowest BCUT2D eigenvalue weighted by atomic mass is 10.2. The van der Waals surface area contributed by atoms with E-state index in [9.17, 15) is 0 Å². The maximum absolute atomic E-state index is 4.56. The molecule has 0 aliphatic rings. The highest BCUT2D eigenvalue weighted by atomic mass is 32.2. The van der Waals surface area contributed by atoms with Crippen LogP contribution in [0.5, 0.6) is 0 Å². The van der Waals surface area contributed by atoms with Gasteiger partial charge in [-0.3, -0.25) is 4.57 Å². The summed E-state index contributed by atoms with van der Waals surface area (Å²) in [6.45, 7) is 6.06. The number of nitrogens with zero attached hydrogens (tertiary/aromatic N) is 3. The Kier molecular flexibility index (Phi) is 6.02. The maximum atomic E-state index is 4.56. The van der Waals surface area contributed by atoms with E-state index in [4.69, 9.17) is 0 Å². The molecule has 0 saturated carbocycles. The first kappa shape index (κ1) is 19.7. The molecule has 0 bridgehead atoms. The Morgan fingerprint density at radius 3 is 2.34 bits per heavy atom. The molecule has 0 atom stereocenters. The molecule has 29 heavy (non-hydrogen) atoms. The molecule has 0 fully saturated rings. The largest absolute Gasteiger partial charge is 0.384 e. The minimum atomic E-state index is -0.0516. The monoisotopic (exact) mass is 420 g/mol. The van der Waals surface area contributed by atoms with Crippen LogP contribution in [-0.4, -0.2) is 26.1 Å². The number of thioether (sulfide) groups is 1. The Bertz CT molecular complexity index is 1030. The van der Waals surface area contributed by atoms with Crippen molar-refractivity contribution in [3.63, 3.8) is 0 Å². The highest BCUT2D eigenvalue weighted by Gasteiger charge is 2.25. The topological polar surface area (TPSA) is 42.7 Å². The van der Waals surface area contributed by atoms with Gasteiger partial charge in [-0.05, 0) is 43.0 Å². The van der Waals surface area contributed by atoms with Crippen molar-refractivity contribution in [2.24, 2.45) is 0 Å². The number of nitrogens with one attached hydrogen (secondary N) is 1. The van der Waals surface area contributed by atoms with Gasteiger partial charge < -0.3 is 5.32 Å². The number of anilines is 1. The third kappa shape index (κ3) is 5.08. The predicted molar refractivity (Wildman–Crippen MR) is 124 cm³/mol. The van der Waals surface area contributed by atoms with Crippen molar-refractivity contribution in [1.82, 2.24) is 14.8 Å². The Morgan fingerprint density at radius 2 is 1.66 bits per heavy atom. The third-order valence-corrected chi connectivity index (χ3v) is 6.55. The normalized spacial score (nSPS) is 11.5. The lowest BCUT2D eigenvalue weighted by Crippen LogP contribution is -2.27. The van der Waals surface area contributed by atoms with Crippen LogP contribution in [0.25, 0.3) is 10.7 Å². The maximum Gasteiger partial charge on any atom is 0.192 e. The first-order valence-electron chi connectivity index (χ1n) is 9.60. The molecule has 0 spiro atoms. The Balaban J connectivity index is 1.57. The van der Waals surface area contributed by atoms with Crippen LogP contribution in [0.2, 0.25) is 0 Å². The summed E-state index contributed by atoms with van der Waals surface area (Å²) in [4.78, 5) is 1.14. The molecular formula is C23H24N4S2. The van der Waals surface area contributed by atoms with Gasteiger partial charge in [-0.2, -0.15) is 0 Å². The Morgan fingerprint density at radius 1 is 0.931 bits per heavy atom. The van der Waals surface area contributed by atoms with E-state index in [1.54, 1.807) is 23.1 Å². The van der Waals surface area contributed by atoms with E-state index < -0.39 is 0 Å². The molecule has 0 aliphatic heterocycles. The van der Waals surface area contributed by atoms with Crippen molar-refractivity contribution >= 4 is 28.8 Å². The van der Waals surface area contributed by atoms with Crippen LogP contribution >= 0.6 is 23.1 Å². The molecule has 4 nitrogen and oxygen atoms in total. The van der Waals surface area contributed by atoms with Crippen molar-refractivity contribution in [2.75, 3.05) is 11.9 Å². The number of hydrogen-bond acceptors (Lipinski definition) is 5. The van der Waals surface area contributed by atoms with Crippen molar-refractivity contribution in [3.05, 3.63) is 83.7 Å².